The number of aromatic nitrogens is 2. The van der Waals surface area contributed by atoms with E-state index in [0.717, 1.165) is 11.6 Å². The summed E-state index contributed by atoms with van der Waals surface area (Å²) in [6, 6.07) is 4.51. The number of anilines is 2. The van der Waals surface area contributed by atoms with Crippen LogP contribution in [0.2, 0.25) is 0 Å². The molecule has 90 valence electrons. The molecule has 17 heavy (non-hydrogen) atoms. The van der Waals surface area contributed by atoms with Crippen molar-refractivity contribution in [3.8, 4) is 0 Å². The Morgan fingerprint density at radius 2 is 2.24 bits per heavy atom. The van der Waals surface area contributed by atoms with Crippen LogP contribution in [0.15, 0.2) is 29.9 Å². The molecule has 0 amide bonds. The van der Waals surface area contributed by atoms with Gasteiger partial charge in [-0.15, -0.1) is 11.3 Å². The first-order chi connectivity index (χ1) is 8.22. The average Bonchev–Trinajstić information content (AvgIpc) is 2.91. The van der Waals surface area contributed by atoms with Gasteiger partial charge in [-0.25, -0.2) is 4.98 Å². The Hall–Kier alpha value is -1.62. The minimum atomic E-state index is 0.302. The molecule has 2 rings (SSSR count). The number of thiophene rings is 1. The molecule has 1 N–H and O–H groups in total. The molecule has 0 fully saturated rings. The molecule has 2 heterocycles. The Morgan fingerprint density at radius 3 is 2.88 bits per heavy atom. The predicted molar refractivity (Wildman–Crippen MR) is 72.7 cm³/mol. The summed E-state index contributed by atoms with van der Waals surface area (Å²) in [6.45, 7) is 2.17. The van der Waals surface area contributed by atoms with Gasteiger partial charge in [0.25, 0.3) is 0 Å². The van der Waals surface area contributed by atoms with E-state index in [0.29, 0.717) is 6.04 Å². The van der Waals surface area contributed by atoms with Gasteiger partial charge in [-0.3, -0.25) is 4.98 Å². The zero-order chi connectivity index (χ0) is 12.3. The van der Waals surface area contributed by atoms with Gasteiger partial charge in [-0.05, 0) is 18.4 Å². The van der Waals surface area contributed by atoms with Gasteiger partial charge in [-0.2, -0.15) is 0 Å². The number of hydrogen-bond donors (Lipinski definition) is 1. The molecule has 2 aromatic rings. The lowest BCUT2D eigenvalue weighted by molar-refractivity contribution is 0.740. The molecule has 0 saturated carbocycles. The van der Waals surface area contributed by atoms with Crippen molar-refractivity contribution in [2.75, 3.05) is 24.3 Å². The molecule has 1 unspecified atom stereocenters. The van der Waals surface area contributed by atoms with E-state index < -0.39 is 0 Å². The third-order valence-electron chi connectivity index (χ3n) is 2.78. The summed E-state index contributed by atoms with van der Waals surface area (Å²) < 4.78 is 0. The lowest BCUT2D eigenvalue weighted by Crippen LogP contribution is -2.22. The predicted octanol–water partition coefficient (Wildman–Crippen LogP) is 2.78. The quantitative estimate of drug-likeness (QED) is 0.903. The molecule has 0 aliphatic heterocycles. The van der Waals surface area contributed by atoms with Crippen molar-refractivity contribution < 1.29 is 0 Å². The third-order valence-corrected chi connectivity index (χ3v) is 3.82. The maximum absolute atomic E-state index is 4.48. The molecule has 2 aromatic heterocycles. The van der Waals surface area contributed by atoms with Crippen LogP contribution in [0.4, 0.5) is 11.6 Å². The summed E-state index contributed by atoms with van der Waals surface area (Å²) in [5, 5.41) is 5.09. The molecule has 0 aromatic carbocycles. The largest absolute Gasteiger partial charge is 0.372 e. The van der Waals surface area contributed by atoms with Crippen LogP contribution in [0.25, 0.3) is 0 Å². The van der Waals surface area contributed by atoms with Gasteiger partial charge in [0.1, 0.15) is 11.6 Å². The van der Waals surface area contributed by atoms with Crippen LogP contribution in [0.5, 0.6) is 0 Å². The van der Waals surface area contributed by atoms with E-state index in [1.807, 2.05) is 14.1 Å². The molecule has 4 nitrogen and oxygen atoms in total. The second kappa shape index (κ2) is 5.14. The van der Waals surface area contributed by atoms with E-state index in [-0.39, 0.29) is 0 Å². The van der Waals surface area contributed by atoms with Crippen molar-refractivity contribution in [1.29, 1.82) is 0 Å². The maximum atomic E-state index is 4.48. The lowest BCUT2D eigenvalue weighted by atomic mass is 10.2. The fourth-order valence-corrected chi connectivity index (χ4v) is 2.39. The summed E-state index contributed by atoms with van der Waals surface area (Å²) >= 11 is 1.76. The Kier molecular flexibility index (Phi) is 3.58. The molecule has 0 aliphatic rings. The monoisotopic (exact) mass is 248 g/mol. The highest BCUT2D eigenvalue weighted by Crippen LogP contribution is 2.26. The fourth-order valence-electron chi connectivity index (χ4n) is 1.56. The number of hydrogen-bond acceptors (Lipinski definition) is 5. The number of rotatable bonds is 4. The normalized spacial score (nSPS) is 12.2. The van der Waals surface area contributed by atoms with Gasteiger partial charge < -0.3 is 10.2 Å². The van der Waals surface area contributed by atoms with Crippen LogP contribution < -0.4 is 10.2 Å². The van der Waals surface area contributed by atoms with Crippen molar-refractivity contribution in [2.45, 2.75) is 13.0 Å². The summed E-state index contributed by atoms with van der Waals surface area (Å²) in [5.74, 6) is 1.66. The van der Waals surface area contributed by atoms with Crippen molar-refractivity contribution in [3.63, 3.8) is 0 Å². The van der Waals surface area contributed by atoms with Crippen LogP contribution in [-0.4, -0.2) is 24.1 Å². The lowest BCUT2D eigenvalue weighted by Gasteiger charge is -2.25. The highest BCUT2D eigenvalue weighted by atomic mass is 32.1. The third kappa shape index (κ3) is 2.55. The first kappa shape index (κ1) is 11.9. The smallest absolute Gasteiger partial charge is 0.149 e. The van der Waals surface area contributed by atoms with Crippen LogP contribution in [0.3, 0.4) is 0 Å². The molecule has 0 saturated heterocycles. The van der Waals surface area contributed by atoms with Gasteiger partial charge in [0.2, 0.25) is 0 Å². The summed E-state index contributed by atoms with van der Waals surface area (Å²) in [6.07, 6.45) is 3.50. The van der Waals surface area contributed by atoms with E-state index in [1.165, 1.54) is 4.88 Å². The molecular formula is C12H16N4S. The van der Waals surface area contributed by atoms with E-state index in [2.05, 4.69) is 44.6 Å². The molecule has 0 radical (unpaired) electrons. The highest BCUT2D eigenvalue weighted by Gasteiger charge is 2.14. The van der Waals surface area contributed by atoms with Crippen LogP contribution in [0, 0.1) is 0 Å². The SMILES string of the molecule is CNc1cncc(N(C)C(C)c2cccs2)n1. The van der Waals surface area contributed by atoms with E-state index in [9.17, 15) is 0 Å². The second-order valence-corrected chi connectivity index (χ2v) is 4.79. The zero-order valence-electron chi connectivity index (χ0n) is 10.2. The first-order valence-electron chi connectivity index (χ1n) is 5.48. The minimum absolute atomic E-state index is 0.302. The molecule has 1 atom stereocenters. The van der Waals surface area contributed by atoms with Crippen molar-refractivity contribution >= 4 is 23.0 Å². The standard InChI is InChI=1S/C12H16N4S/c1-9(10-5-4-6-17-10)16(3)12-8-14-7-11(13-2)15-12/h4-9H,1-3H3,(H,13,15). The fraction of sp³-hybridized carbons (Fsp3) is 0.333. The minimum Gasteiger partial charge on any atom is -0.372 e. The zero-order valence-corrected chi connectivity index (χ0v) is 11.0. The van der Waals surface area contributed by atoms with Gasteiger partial charge in [-0.1, -0.05) is 6.07 Å². The average molecular weight is 248 g/mol. The number of nitrogens with one attached hydrogen (secondary N) is 1. The van der Waals surface area contributed by atoms with Crippen molar-refractivity contribution in [2.24, 2.45) is 0 Å². The van der Waals surface area contributed by atoms with Crippen molar-refractivity contribution in [1.82, 2.24) is 9.97 Å². The van der Waals surface area contributed by atoms with E-state index in [4.69, 9.17) is 0 Å². The van der Waals surface area contributed by atoms with Crippen LogP contribution >= 0.6 is 11.3 Å². The Morgan fingerprint density at radius 1 is 1.41 bits per heavy atom. The van der Waals surface area contributed by atoms with E-state index in [1.54, 1.807) is 23.7 Å². The van der Waals surface area contributed by atoms with Crippen LogP contribution in [-0.2, 0) is 0 Å². The molecule has 0 bridgehead atoms. The van der Waals surface area contributed by atoms with Crippen LogP contribution in [0.1, 0.15) is 17.8 Å². The Bertz CT molecular complexity index is 469. The van der Waals surface area contributed by atoms with Gasteiger partial charge >= 0.3 is 0 Å². The van der Waals surface area contributed by atoms with Crippen molar-refractivity contribution in [3.05, 3.63) is 34.8 Å². The van der Waals surface area contributed by atoms with Gasteiger partial charge in [0.15, 0.2) is 0 Å². The van der Waals surface area contributed by atoms with Gasteiger partial charge in [0.05, 0.1) is 18.4 Å². The summed E-state index contributed by atoms with van der Waals surface area (Å²) in [7, 11) is 3.88. The highest BCUT2D eigenvalue weighted by molar-refractivity contribution is 7.10. The maximum Gasteiger partial charge on any atom is 0.149 e. The first-order valence-corrected chi connectivity index (χ1v) is 6.36. The Balaban J connectivity index is 2.21. The topological polar surface area (TPSA) is 41.1 Å². The van der Waals surface area contributed by atoms with Gasteiger partial charge in [0, 0.05) is 19.0 Å². The molecule has 0 aliphatic carbocycles. The Labute approximate surface area is 105 Å². The second-order valence-electron chi connectivity index (χ2n) is 3.81. The number of nitrogens with zero attached hydrogens (tertiary/aromatic N) is 3. The molecule has 5 heteroatoms. The molecular weight excluding hydrogens is 232 g/mol. The van der Waals surface area contributed by atoms with E-state index >= 15 is 0 Å². The molecule has 0 spiro atoms. The summed E-state index contributed by atoms with van der Waals surface area (Å²) in [5.41, 5.74) is 0. The summed E-state index contributed by atoms with van der Waals surface area (Å²) in [4.78, 5) is 12.1.